The standard InChI is InChI=1S/C19H22N4O3S/c1-26-12-23-15-10-13(11-22-8-4-14(5-9-22)19(24)25)2-3-16(15)27-18-17(23)20-6-7-21-18/h2-3,6-7,10,14H,4-5,8-9,11-12H2,1H3,(H,24,25). The number of carboxylic acids is 1. The molecule has 2 aliphatic rings. The number of fused-ring (bicyclic) bond motifs is 2. The summed E-state index contributed by atoms with van der Waals surface area (Å²) >= 11 is 1.62. The SMILES string of the molecule is COCN1c2cc(CN3CCC(C(=O)O)CC3)ccc2Sc2nccnc21. The van der Waals surface area contributed by atoms with Crippen LogP contribution >= 0.6 is 11.8 Å². The zero-order chi connectivity index (χ0) is 18.8. The molecule has 0 spiro atoms. The highest BCUT2D eigenvalue weighted by molar-refractivity contribution is 7.99. The summed E-state index contributed by atoms with van der Waals surface area (Å²) in [6.45, 7) is 2.86. The summed E-state index contributed by atoms with van der Waals surface area (Å²) in [6.07, 6.45) is 4.84. The molecule has 0 amide bonds. The molecule has 0 aliphatic carbocycles. The Bertz CT molecular complexity index is 839. The van der Waals surface area contributed by atoms with E-state index in [2.05, 4.69) is 33.1 Å². The Morgan fingerprint density at radius 2 is 2.07 bits per heavy atom. The summed E-state index contributed by atoms with van der Waals surface area (Å²) in [6, 6.07) is 6.45. The molecule has 0 bridgehead atoms. The first-order valence-corrected chi connectivity index (χ1v) is 9.81. The van der Waals surface area contributed by atoms with Gasteiger partial charge < -0.3 is 9.84 Å². The quantitative estimate of drug-likeness (QED) is 0.840. The van der Waals surface area contributed by atoms with Crippen molar-refractivity contribution in [3.63, 3.8) is 0 Å². The van der Waals surface area contributed by atoms with E-state index in [1.807, 2.05) is 4.90 Å². The Labute approximate surface area is 162 Å². The molecule has 27 heavy (non-hydrogen) atoms. The van der Waals surface area contributed by atoms with Crippen LogP contribution in [0.15, 0.2) is 40.5 Å². The van der Waals surface area contributed by atoms with Gasteiger partial charge in [-0.3, -0.25) is 14.6 Å². The van der Waals surface area contributed by atoms with E-state index in [9.17, 15) is 4.79 Å². The van der Waals surface area contributed by atoms with Gasteiger partial charge in [-0.15, -0.1) is 0 Å². The van der Waals surface area contributed by atoms with Crippen LogP contribution < -0.4 is 4.90 Å². The van der Waals surface area contributed by atoms with E-state index in [1.54, 1.807) is 31.3 Å². The molecule has 1 aromatic heterocycles. The molecule has 1 N–H and O–H groups in total. The van der Waals surface area contributed by atoms with E-state index in [1.165, 1.54) is 5.56 Å². The highest BCUT2D eigenvalue weighted by Gasteiger charge is 2.27. The molecule has 1 aromatic carbocycles. The molecular formula is C19H22N4O3S. The highest BCUT2D eigenvalue weighted by Crippen LogP contribution is 2.46. The van der Waals surface area contributed by atoms with Crippen LogP contribution in [0, 0.1) is 5.92 Å². The molecule has 2 aliphatic heterocycles. The molecule has 0 unspecified atom stereocenters. The molecule has 142 valence electrons. The molecule has 0 saturated carbocycles. The highest BCUT2D eigenvalue weighted by atomic mass is 32.2. The minimum Gasteiger partial charge on any atom is -0.481 e. The minimum atomic E-state index is -0.671. The van der Waals surface area contributed by atoms with Crippen LogP contribution in [-0.2, 0) is 16.1 Å². The maximum Gasteiger partial charge on any atom is 0.306 e. The second kappa shape index (κ2) is 7.84. The molecule has 2 aromatic rings. The smallest absolute Gasteiger partial charge is 0.306 e. The van der Waals surface area contributed by atoms with Crippen LogP contribution in [0.1, 0.15) is 18.4 Å². The number of ether oxygens (including phenoxy) is 1. The number of rotatable bonds is 5. The first-order chi connectivity index (χ1) is 13.2. The van der Waals surface area contributed by atoms with Crippen LogP contribution in [0.4, 0.5) is 11.5 Å². The Morgan fingerprint density at radius 3 is 2.81 bits per heavy atom. The van der Waals surface area contributed by atoms with Crippen LogP contribution in [0.3, 0.4) is 0 Å². The molecule has 4 rings (SSSR count). The van der Waals surface area contributed by atoms with E-state index < -0.39 is 5.97 Å². The third-order valence-electron chi connectivity index (χ3n) is 5.02. The van der Waals surface area contributed by atoms with Crippen molar-refractivity contribution >= 4 is 29.2 Å². The van der Waals surface area contributed by atoms with Gasteiger partial charge in [-0.1, -0.05) is 17.8 Å². The van der Waals surface area contributed by atoms with Gasteiger partial charge in [0.05, 0.1) is 11.6 Å². The average molecular weight is 386 g/mol. The van der Waals surface area contributed by atoms with Crippen molar-refractivity contribution < 1.29 is 14.6 Å². The topological polar surface area (TPSA) is 78.8 Å². The van der Waals surface area contributed by atoms with Gasteiger partial charge in [0.15, 0.2) is 5.82 Å². The lowest BCUT2D eigenvalue weighted by Crippen LogP contribution is -2.35. The zero-order valence-electron chi connectivity index (χ0n) is 15.2. The average Bonchev–Trinajstić information content (AvgIpc) is 2.68. The summed E-state index contributed by atoms with van der Waals surface area (Å²) in [4.78, 5) is 25.6. The monoisotopic (exact) mass is 386 g/mol. The van der Waals surface area contributed by atoms with E-state index in [0.29, 0.717) is 6.73 Å². The third kappa shape index (κ3) is 3.78. The third-order valence-corrected chi connectivity index (χ3v) is 6.07. The Balaban J connectivity index is 1.53. The summed E-state index contributed by atoms with van der Waals surface area (Å²) in [5.41, 5.74) is 2.28. The lowest BCUT2D eigenvalue weighted by atomic mass is 9.97. The van der Waals surface area contributed by atoms with Gasteiger partial charge in [0, 0.05) is 30.9 Å². The molecule has 7 nitrogen and oxygen atoms in total. The number of hydrogen-bond donors (Lipinski definition) is 1. The van der Waals surface area contributed by atoms with Gasteiger partial charge in [0.1, 0.15) is 11.8 Å². The van der Waals surface area contributed by atoms with Gasteiger partial charge in [-0.25, -0.2) is 9.97 Å². The number of likely N-dealkylation sites (tertiary alicyclic amines) is 1. The van der Waals surface area contributed by atoms with Crippen LogP contribution in [-0.4, -0.2) is 52.9 Å². The van der Waals surface area contributed by atoms with Gasteiger partial charge in [0.25, 0.3) is 0 Å². The molecular weight excluding hydrogens is 364 g/mol. The van der Waals surface area contributed by atoms with Gasteiger partial charge in [-0.05, 0) is 43.6 Å². The van der Waals surface area contributed by atoms with Crippen LogP contribution in [0.25, 0.3) is 0 Å². The van der Waals surface area contributed by atoms with Crippen molar-refractivity contribution in [1.82, 2.24) is 14.9 Å². The second-order valence-electron chi connectivity index (χ2n) is 6.82. The van der Waals surface area contributed by atoms with Crippen LogP contribution in [0.5, 0.6) is 0 Å². The number of aliphatic carboxylic acids is 1. The molecule has 1 fully saturated rings. The van der Waals surface area contributed by atoms with Crippen molar-refractivity contribution in [2.24, 2.45) is 5.92 Å². The number of aromatic nitrogens is 2. The summed E-state index contributed by atoms with van der Waals surface area (Å²) in [5.74, 6) is -0.0554. The fourth-order valence-electron chi connectivity index (χ4n) is 3.61. The largest absolute Gasteiger partial charge is 0.481 e. The number of methoxy groups -OCH3 is 1. The Morgan fingerprint density at radius 1 is 1.30 bits per heavy atom. The number of carboxylic acid groups (broad SMARTS) is 1. The molecule has 8 heteroatoms. The molecule has 3 heterocycles. The number of piperidine rings is 1. The molecule has 0 atom stereocenters. The summed E-state index contributed by atoms with van der Waals surface area (Å²) in [7, 11) is 1.67. The molecule has 1 saturated heterocycles. The van der Waals surface area contributed by atoms with E-state index in [0.717, 1.165) is 53.9 Å². The Kier molecular flexibility index (Phi) is 5.29. The van der Waals surface area contributed by atoms with Crippen molar-refractivity contribution in [2.75, 3.05) is 31.8 Å². The lowest BCUT2D eigenvalue weighted by molar-refractivity contribution is -0.143. The van der Waals surface area contributed by atoms with Crippen molar-refractivity contribution in [3.8, 4) is 0 Å². The maximum atomic E-state index is 11.1. The summed E-state index contributed by atoms with van der Waals surface area (Å²) < 4.78 is 5.40. The zero-order valence-corrected chi connectivity index (χ0v) is 16.0. The van der Waals surface area contributed by atoms with Gasteiger partial charge >= 0.3 is 5.97 Å². The molecule has 0 radical (unpaired) electrons. The number of anilines is 2. The predicted molar refractivity (Wildman–Crippen MR) is 102 cm³/mol. The Hall–Kier alpha value is -2.16. The fourth-order valence-corrected chi connectivity index (χ4v) is 4.59. The maximum absolute atomic E-state index is 11.1. The van der Waals surface area contributed by atoms with Crippen molar-refractivity contribution in [1.29, 1.82) is 0 Å². The van der Waals surface area contributed by atoms with Gasteiger partial charge in [0.2, 0.25) is 0 Å². The van der Waals surface area contributed by atoms with Crippen LogP contribution in [0.2, 0.25) is 0 Å². The summed E-state index contributed by atoms with van der Waals surface area (Å²) in [5, 5.41) is 10.0. The van der Waals surface area contributed by atoms with Crippen molar-refractivity contribution in [3.05, 3.63) is 36.2 Å². The number of nitrogens with zero attached hydrogens (tertiary/aromatic N) is 4. The minimum absolute atomic E-state index is 0.201. The van der Waals surface area contributed by atoms with E-state index >= 15 is 0 Å². The predicted octanol–water partition coefficient (Wildman–Crippen LogP) is 2.98. The van der Waals surface area contributed by atoms with Crippen molar-refractivity contribution in [2.45, 2.75) is 29.3 Å². The van der Waals surface area contributed by atoms with Gasteiger partial charge in [-0.2, -0.15) is 0 Å². The first-order valence-electron chi connectivity index (χ1n) is 8.99. The lowest BCUT2D eigenvalue weighted by Gasteiger charge is -2.32. The van der Waals surface area contributed by atoms with E-state index in [4.69, 9.17) is 9.84 Å². The fraction of sp³-hybridized carbons (Fsp3) is 0.421. The second-order valence-corrected chi connectivity index (χ2v) is 7.85. The first kappa shape index (κ1) is 18.2. The number of hydrogen-bond acceptors (Lipinski definition) is 7. The normalized spacial score (nSPS) is 17.4. The van der Waals surface area contributed by atoms with E-state index in [-0.39, 0.29) is 5.92 Å². The number of carbonyl (C=O) groups is 1. The number of benzene rings is 1.